The van der Waals surface area contributed by atoms with Crippen molar-refractivity contribution in [2.75, 3.05) is 13.2 Å². The van der Waals surface area contributed by atoms with E-state index < -0.39 is 6.10 Å². The Kier molecular flexibility index (Phi) is 63.5. The monoisotopic (exact) mass is 1100 g/mol. The van der Waals surface area contributed by atoms with Gasteiger partial charge in [0.15, 0.2) is 6.10 Å². The second-order valence-corrected chi connectivity index (χ2v) is 20.4. The van der Waals surface area contributed by atoms with Crippen molar-refractivity contribution in [3.63, 3.8) is 0 Å². The normalized spacial score (nSPS) is 13.6. The van der Waals surface area contributed by atoms with E-state index in [4.69, 9.17) is 9.47 Å². The molecule has 0 radical (unpaired) electrons. The molecule has 0 rings (SSSR count). The summed E-state index contributed by atoms with van der Waals surface area (Å²) in [5.74, 6) is -0.625. The predicted molar refractivity (Wildman–Crippen MR) is 352 cm³/mol. The number of ether oxygens (including phenoxy) is 2. The minimum Gasteiger partial charge on any atom is -0.462 e. The van der Waals surface area contributed by atoms with Crippen molar-refractivity contribution in [2.45, 2.75) is 251 Å². The molecule has 0 saturated heterocycles. The van der Waals surface area contributed by atoms with Gasteiger partial charge in [0.05, 0.1) is 6.61 Å². The smallest absolute Gasteiger partial charge is 0.306 e. The molecule has 446 valence electrons. The Morgan fingerprint density at radius 2 is 0.500 bits per heavy atom. The highest BCUT2D eigenvalue weighted by Crippen LogP contribution is 2.14. The van der Waals surface area contributed by atoms with E-state index in [9.17, 15) is 14.7 Å². The lowest BCUT2D eigenvalue weighted by molar-refractivity contribution is -0.161. The maximum absolute atomic E-state index is 12.3. The summed E-state index contributed by atoms with van der Waals surface area (Å²) >= 11 is 0. The minimum absolute atomic E-state index is 0.0875. The van der Waals surface area contributed by atoms with Gasteiger partial charge in [-0.15, -0.1) is 0 Å². The van der Waals surface area contributed by atoms with Gasteiger partial charge in [-0.3, -0.25) is 9.59 Å². The third kappa shape index (κ3) is 65.3. The first-order valence-corrected chi connectivity index (χ1v) is 32.0. The molecule has 0 saturated carbocycles. The van der Waals surface area contributed by atoms with E-state index in [1.54, 1.807) is 0 Å². The summed E-state index contributed by atoms with van der Waals surface area (Å²) in [6, 6.07) is 0. The maximum Gasteiger partial charge on any atom is 0.306 e. The first-order chi connectivity index (χ1) is 39.6. The summed E-state index contributed by atoms with van der Waals surface area (Å²) in [6.45, 7) is 3.89. The number of unbranched alkanes of at least 4 members (excludes halogenated alkanes) is 16. The van der Waals surface area contributed by atoms with Crippen molar-refractivity contribution in [1.29, 1.82) is 0 Å². The van der Waals surface area contributed by atoms with Gasteiger partial charge in [-0.1, -0.05) is 285 Å². The second kappa shape index (κ2) is 68.0. The molecule has 1 N–H and O–H groups in total. The van der Waals surface area contributed by atoms with E-state index >= 15 is 0 Å². The molecule has 5 heteroatoms. The van der Waals surface area contributed by atoms with Gasteiger partial charge >= 0.3 is 11.9 Å². The molecule has 0 aliphatic rings. The number of carbonyl (C=O) groups is 2. The zero-order chi connectivity index (χ0) is 57.6. The van der Waals surface area contributed by atoms with Gasteiger partial charge in [0, 0.05) is 12.8 Å². The average molecular weight is 1100 g/mol. The molecule has 0 aliphatic carbocycles. The van der Waals surface area contributed by atoms with E-state index in [0.717, 1.165) is 148 Å². The molecule has 0 aromatic rings. The molecule has 1 atom stereocenters. The predicted octanol–water partition coefficient (Wildman–Crippen LogP) is 22.4. The third-order valence-electron chi connectivity index (χ3n) is 12.9. The summed E-state index contributed by atoms with van der Waals surface area (Å²) in [5, 5.41) is 9.68. The van der Waals surface area contributed by atoms with Crippen LogP contribution in [0.3, 0.4) is 0 Å². The fourth-order valence-corrected chi connectivity index (χ4v) is 8.17. The number of aliphatic hydroxyl groups is 1. The van der Waals surface area contributed by atoms with Crippen molar-refractivity contribution in [1.82, 2.24) is 0 Å². The van der Waals surface area contributed by atoms with E-state index in [1.807, 2.05) is 0 Å². The first-order valence-electron chi connectivity index (χ1n) is 32.0. The van der Waals surface area contributed by atoms with Crippen molar-refractivity contribution in [2.24, 2.45) is 0 Å². The van der Waals surface area contributed by atoms with Gasteiger partial charge in [0.2, 0.25) is 0 Å². The number of carbonyl (C=O) groups excluding carboxylic acids is 2. The van der Waals surface area contributed by atoms with Gasteiger partial charge in [0.1, 0.15) is 6.61 Å². The third-order valence-corrected chi connectivity index (χ3v) is 12.9. The maximum atomic E-state index is 12.3. The SMILES string of the molecule is CC/C=C\C/C=C\C/C=C\C/C=C\C/C=C\C/C=C\C/C=C\C/C=C\C/C=C\C/C=C\CCCCCCCCCCCCC(=O)OC(CO)COC(=O)CCCCCCCC/C=C\C/C=C\C/C=C\C/C=C\C/C=C\C/C=C\CC. The van der Waals surface area contributed by atoms with Crippen LogP contribution in [0.1, 0.15) is 245 Å². The fourth-order valence-electron chi connectivity index (χ4n) is 8.17. The van der Waals surface area contributed by atoms with Crippen molar-refractivity contribution in [3.05, 3.63) is 194 Å². The van der Waals surface area contributed by atoms with Crippen LogP contribution in [0.5, 0.6) is 0 Å². The zero-order valence-corrected chi connectivity index (χ0v) is 51.0. The molecular formula is C75H116O5. The Balaban J connectivity index is 3.62. The number of hydrogen-bond acceptors (Lipinski definition) is 5. The van der Waals surface area contributed by atoms with Crippen LogP contribution in [0.2, 0.25) is 0 Å². The molecule has 0 aliphatic heterocycles. The van der Waals surface area contributed by atoms with Crippen LogP contribution in [-0.2, 0) is 19.1 Å². The van der Waals surface area contributed by atoms with Gasteiger partial charge in [-0.05, 0) is 141 Å². The Morgan fingerprint density at radius 3 is 0.750 bits per heavy atom. The highest BCUT2D eigenvalue weighted by Gasteiger charge is 2.16. The van der Waals surface area contributed by atoms with E-state index in [1.165, 1.54) is 70.6 Å². The Bertz CT molecular complexity index is 1870. The number of aliphatic hydroxyl groups excluding tert-OH is 1. The molecule has 1 unspecified atom stereocenters. The molecule has 0 aromatic heterocycles. The lowest BCUT2D eigenvalue weighted by Gasteiger charge is -2.15. The minimum atomic E-state index is -0.797. The largest absolute Gasteiger partial charge is 0.462 e. The van der Waals surface area contributed by atoms with Crippen molar-refractivity contribution >= 4 is 11.9 Å². The van der Waals surface area contributed by atoms with Gasteiger partial charge < -0.3 is 14.6 Å². The lowest BCUT2D eigenvalue weighted by atomic mass is 10.0. The Labute approximate surface area is 492 Å². The van der Waals surface area contributed by atoms with Crippen LogP contribution < -0.4 is 0 Å². The highest BCUT2D eigenvalue weighted by molar-refractivity contribution is 5.70. The summed E-state index contributed by atoms with van der Waals surface area (Å²) < 4.78 is 10.7. The van der Waals surface area contributed by atoms with E-state index in [-0.39, 0.29) is 25.2 Å². The molecule has 0 amide bonds. The van der Waals surface area contributed by atoms with Crippen LogP contribution in [0.15, 0.2) is 194 Å². The first kappa shape index (κ1) is 74.7. The molecule has 80 heavy (non-hydrogen) atoms. The summed E-state index contributed by atoms with van der Waals surface area (Å²) in [6.07, 6.45) is 108. The Morgan fingerprint density at radius 1 is 0.287 bits per heavy atom. The summed E-state index contributed by atoms with van der Waals surface area (Å²) in [5.41, 5.74) is 0. The summed E-state index contributed by atoms with van der Waals surface area (Å²) in [7, 11) is 0. The molecule has 5 nitrogen and oxygen atoms in total. The van der Waals surface area contributed by atoms with Crippen molar-refractivity contribution in [3.8, 4) is 0 Å². The highest BCUT2D eigenvalue weighted by atomic mass is 16.6. The Hall–Kier alpha value is -5.26. The molecular weight excluding hydrogens is 981 g/mol. The molecule has 0 bridgehead atoms. The van der Waals surface area contributed by atoms with Crippen LogP contribution in [0.25, 0.3) is 0 Å². The van der Waals surface area contributed by atoms with E-state index in [2.05, 4.69) is 208 Å². The van der Waals surface area contributed by atoms with Crippen LogP contribution >= 0.6 is 0 Å². The number of hydrogen-bond donors (Lipinski definition) is 1. The number of rotatable bonds is 56. The average Bonchev–Trinajstić information content (AvgIpc) is 3.46. The molecule has 0 aromatic carbocycles. The molecule has 0 fully saturated rings. The molecule has 0 spiro atoms. The second-order valence-electron chi connectivity index (χ2n) is 20.4. The standard InChI is InChI=1S/C75H116O5/c1-3-5-7-9-11-13-15-17-19-21-23-25-27-29-30-31-32-33-34-35-36-37-38-39-40-41-42-43-44-46-48-50-52-54-56-58-60-62-64-66-68-70-75(78)80-73(71-76)72-79-74(77)69-67-65-63-61-59-57-55-53-51-49-47-45-28-26-24-22-20-18-16-14-12-10-8-6-4-2/h5-8,11-14,17-20,23-26,29-30,32-33,35-36,38-39,41-42,44-47,51,53,73,76H,3-4,9-10,15-16,21-22,27-28,31,34,37,40,43,48-50,52,54-72H2,1-2H3/b7-5-,8-6-,13-11-,14-12-,19-17-,20-18-,25-23-,26-24-,30-29-,33-32-,36-35-,39-38-,42-41-,46-44-,47-45-,53-51-. The van der Waals surface area contributed by atoms with Gasteiger partial charge in [0.25, 0.3) is 0 Å². The van der Waals surface area contributed by atoms with E-state index in [0.29, 0.717) is 12.8 Å². The summed E-state index contributed by atoms with van der Waals surface area (Å²) in [4.78, 5) is 24.6. The quantitative estimate of drug-likeness (QED) is 0.0373. The van der Waals surface area contributed by atoms with Gasteiger partial charge in [-0.25, -0.2) is 0 Å². The fraction of sp³-hybridized carbons (Fsp3) is 0.547. The van der Waals surface area contributed by atoms with Crippen LogP contribution in [-0.4, -0.2) is 36.4 Å². The van der Waals surface area contributed by atoms with Gasteiger partial charge in [-0.2, -0.15) is 0 Å². The zero-order valence-electron chi connectivity index (χ0n) is 51.0. The van der Waals surface area contributed by atoms with Crippen LogP contribution in [0.4, 0.5) is 0 Å². The topological polar surface area (TPSA) is 72.8 Å². The number of esters is 2. The molecule has 0 heterocycles. The van der Waals surface area contributed by atoms with Crippen LogP contribution in [0, 0.1) is 0 Å². The van der Waals surface area contributed by atoms with Crippen molar-refractivity contribution < 1.29 is 24.2 Å². The number of allylic oxidation sites excluding steroid dienone is 32. The lowest BCUT2D eigenvalue weighted by Crippen LogP contribution is -2.28.